The molecule has 4 rings (SSSR count). The van der Waals surface area contributed by atoms with Crippen molar-refractivity contribution in [2.45, 2.75) is 26.8 Å². The Labute approximate surface area is 192 Å². The van der Waals surface area contributed by atoms with E-state index < -0.39 is 0 Å². The molecular weight excluding hydrogens is 412 g/mol. The van der Waals surface area contributed by atoms with Crippen molar-refractivity contribution in [3.05, 3.63) is 89.8 Å². The Morgan fingerprint density at radius 1 is 1.09 bits per heavy atom. The Balaban J connectivity index is 1.61. The van der Waals surface area contributed by atoms with E-state index in [1.54, 1.807) is 16.8 Å². The van der Waals surface area contributed by atoms with Crippen LogP contribution >= 0.6 is 0 Å². The summed E-state index contributed by atoms with van der Waals surface area (Å²) >= 11 is 0. The number of hydrogen-bond acceptors (Lipinski definition) is 4. The molecule has 33 heavy (non-hydrogen) atoms. The Hall–Kier alpha value is -4.44. The normalized spacial score (nSPS) is 10.9. The lowest BCUT2D eigenvalue weighted by atomic mass is 10.1. The molecule has 7 heteroatoms. The molecule has 0 saturated heterocycles. The van der Waals surface area contributed by atoms with Gasteiger partial charge in [-0.3, -0.25) is 4.79 Å². The molecule has 1 N–H and O–H groups in total. The number of amides is 1. The summed E-state index contributed by atoms with van der Waals surface area (Å²) in [5.41, 5.74) is 5.47. The summed E-state index contributed by atoms with van der Waals surface area (Å²) in [6.45, 7) is 4.31. The van der Waals surface area contributed by atoms with Crippen molar-refractivity contribution < 1.29 is 4.79 Å². The van der Waals surface area contributed by atoms with Gasteiger partial charge >= 0.3 is 0 Å². The number of para-hydroxylation sites is 1. The van der Waals surface area contributed by atoms with E-state index in [1.165, 1.54) is 11.6 Å². The summed E-state index contributed by atoms with van der Waals surface area (Å²) < 4.78 is 3.45. The number of nitrogens with zero attached hydrogens (tertiary/aromatic N) is 5. The van der Waals surface area contributed by atoms with Gasteiger partial charge in [0.05, 0.1) is 36.1 Å². The van der Waals surface area contributed by atoms with Crippen molar-refractivity contribution >= 4 is 17.8 Å². The standard InChI is InChI=1S/C26H24N6O/c1-19-9-11-21(12-10-19)26-22(18-32(30-26)23-7-4-3-5-8-23)13-14-25(33)28-24-17-20(2)29-31(24)16-6-15-27/h3-5,7-14,17-18H,6,16H2,1-2H3,(H,28,33)/b14-13+. The monoisotopic (exact) mass is 436 g/mol. The minimum atomic E-state index is -0.282. The van der Waals surface area contributed by atoms with E-state index in [-0.39, 0.29) is 5.91 Å². The second-order valence-corrected chi connectivity index (χ2v) is 7.70. The molecule has 2 aromatic carbocycles. The first-order valence-corrected chi connectivity index (χ1v) is 10.7. The molecule has 1 amide bonds. The Morgan fingerprint density at radius 3 is 2.58 bits per heavy atom. The highest BCUT2D eigenvalue weighted by atomic mass is 16.1. The minimum absolute atomic E-state index is 0.282. The molecular formula is C26H24N6O. The van der Waals surface area contributed by atoms with Gasteiger partial charge in [-0.15, -0.1) is 0 Å². The smallest absolute Gasteiger partial charge is 0.249 e. The van der Waals surface area contributed by atoms with Crippen molar-refractivity contribution in [3.63, 3.8) is 0 Å². The fourth-order valence-electron chi connectivity index (χ4n) is 3.46. The third-order valence-electron chi connectivity index (χ3n) is 5.09. The van der Waals surface area contributed by atoms with Crippen LogP contribution in [-0.4, -0.2) is 25.5 Å². The SMILES string of the molecule is Cc1ccc(-c2nn(-c3ccccc3)cc2/C=C/C(=O)Nc2cc(C)nn2CCC#N)cc1. The molecule has 0 aliphatic carbocycles. The topological polar surface area (TPSA) is 88.5 Å². The third kappa shape index (κ3) is 5.25. The maximum atomic E-state index is 12.7. The summed E-state index contributed by atoms with van der Waals surface area (Å²) in [6.07, 6.45) is 5.48. The van der Waals surface area contributed by atoms with Gasteiger partial charge in [0.2, 0.25) is 5.91 Å². The maximum Gasteiger partial charge on any atom is 0.249 e. The summed E-state index contributed by atoms with van der Waals surface area (Å²) in [7, 11) is 0. The lowest BCUT2D eigenvalue weighted by molar-refractivity contribution is -0.111. The number of nitrogens with one attached hydrogen (secondary N) is 1. The Morgan fingerprint density at radius 2 is 1.85 bits per heavy atom. The number of benzene rings is 2. The summed E-state index contributed by atoms with van der Waals surface area (Å²) in [6, 6.07) is 21.9. The van der Waals surface area contributed by atoms with Gasteiger partial charge in [0, 0.05) is 29.5 Å². The van der Waals surface area contributed by atoms with Crippen LogP contribution < -0.4 is 5.32 Å². The van der Waals surface area contributed by atoms with E-state index in [0.29, 0.717) is 18.8 Å². The number of rotatable bonds is 7. The lowest BCUT2D eigenvalue weighted by Gasteiger charge is -2.05. The average Bonchev–Trinajstić information content (AvgIpc) is 3.40. The molecule has 0 radical (unpaired) electrons. The fraction of sp³-hybridized carbons (Fsp3) is 0.154. The van der Waals surface area contributed by atoms with Crippen LogP contribution in [0.5, 0.6) is 0 Å². The number of aryl methyl sites for hydroxylation is 3. The molecule has 0 fully saturated rings. The number of anilines is 1. The van der Waals surface area contributed by atoms with Crippen LogP contribution in [0, 0.1) is 25.2 Å². The second kappa shape index (κ2) is 9.79. The van der Waals surface area contributed by atoms with Gasteiger partial charge in [0.1, 0.15) is 5.82 Å². The van der Waals surface area contributed by atoms with Crippen molar-refractivity contribution in [2.24, 2.45) is 0 Å². The van der Waals surface area contributed by atoms with Crippen LogP contribution in [0.3, 0.4) is 0 Å². The zero-order valence-electron chi connectivity index (χ0n) is 18.6. The molecule has 2 heterocycles. The zero-order chi connectivity index (χ0) is 23.2. The predicted octanol–water partition coefficient (Wildman–Crippen LogP) is 4.92. The van der Waals surface area contributed by atoms with E-state index in [1.807, 2.05) is 79.3 Å². The molecule has 2 aromatic heterocycles. The van der Waals surface area contributed by atoms with E-state index in [4.69, 9.17) is 10.4 Å². The van der Waals surface area contributed by atoms with Gasteiger partial charge in [-0.1, -0.05) is 48.0 Å². The molecule has 0 aliphatic heterocycles. The number of carbonyl (C=O) groups is 1. The second-order valence-electron chi connectivity index (χ2n) is 7.70. The predicted molar refractivity (Wildman–Crippen MR) is 129 cm³/mol. The van der Waals surface area contributed by atoms with E-state index in [9.17, 15) is 4.79 Å². The number of nitriles is 1. The highest BCUT2D eigenvalue weighted by Gasteiger charge is 2.12. The van der Waals surface area contributed by atoms with Gasteiger partial charge < -0.3 is 5.32 Å². The Kier molecular flexibility index (Phi) is 6.46. The molecule has 4 aromatic rings. The largest absolute Gasteiger partial charge is 0.307 e. The number of hydrogen-bond donors (Lipinski definition) is 1. The van der Waals surface area contributed by atoms with E-state index in [2.05, 4.69) is 16.5 Å². The lowest BCUT2D eigenvalue weighted by Crippen LogP contribution is -2.13. The molecule has 7 nitrogen and oxygen atoms in total. The number of aromatic nitrogens is 4. The van der Waals surface area contributed by atoms with E-state index in [0.717, 1.165) is 28.2 Å². The first-order chi connectivity index (χ1) is 16.0. The van der Waals surface area contributed by atoms with Gasteiger partial charge in [0.25, 0.3) is 0 Å². The molecule has 0 unspecified atom stereocenters. The molecule has 0 saturated carbocycles. The van der Waals surface area contributed by atoms with E-state index >= 15 is 0 Å². The fourth-order valence-corrected chi connectivity index (χ4v) is 3.46. The van der Waals surface area contributed by atoms with Crippen molar-refractivity contribution in [1.82, 2.24) is 19.6 Å². The van der Waals surface area contributed by atoms with Gasteiger partial charge in [0.15, 0.2) is 0 Å². The molecule has 0 spiro atoms. The Bertz CT molecular complexity index is 1320. The van der Waals surface area contributed by atoms with Crippen LogP contribution in [0.1, 0.15) is 23.2 Å². The number of carbonyl (C=O) groups excluding carboxylic acids is 1. The van der Waals surface area contributed by atoms with Crippen molar-refractivity contribution in [2.75, 3.05) is 5.32 Å². The van der Waals surface area contributed by atoms with Crippen LogP contribution in [0.15, 0.2) is 72.9 Å². The minimum Gasteiger partial charge on any atom is -0.307 e. The highest BCUT2D eigenvalue weighted by molar-refractivity contribution is 6.02. The van der Waals surface area contributed by atoms with Crippen LogP contribution in [0.25, 0.3) is 23.0 Å². The summed E-state index contributed by atoms with van der Waals surface area (Å²) in [5.74, 6) is 0.284. The molecule has 0 aliphatic rings. The maximum absolute atomic E-state index is 12.7. The molecule has 0 atom stereocenters. The van der Waals surface area contributed by atoms with Crippen LogP contribution in [0.4, 0.5) is 5.82 Å². The first kappa shape index (κ1) is 21.8. The van der Waals surface area contributed by atoms with Crippen molar-refractivity contribution in [1.29, 1.82) is 5.26 Å². The molecule has 164 valence electrons. The van der Waals surface area contributed by atoms with Gasteiger partial charge in [-0.25, -0.2) is 9.36 Å². The average molecular weight is 437 g/mol. The van der Waals surface area contributed by atoms with Crippen LogP contribution in [-0.2, 0) is 11.3 Å². The van der Waals surface area contributed by atoms with Crippen LogP contribution in [0.2, 0.25) is 0 Å². The summed E-state index contributed by atoms with van der Waals surface area (Å²) in [5, 5.41) is 20.8. The third-order valence-corrected chi connectivity index (χ3v) is 5.09. The summed E-state index contributed by atoms with van der Waals surface area (Å²) in [4.78, 5) is 12.7. The highest BCUT2D eigenvalue weighted by Crippen LogP contribution is 2.25. The van der Waals surface area contributed by atoms with Gasteiger partial charge in [-0.05, 0) is 32.1 Å². The zero-order valence-corrected chi connectivity index (χ0v) is 18.6. The first-order valence-electron chi connectivity index (χ1n) is 10.7. The van der Waals surface area contributed by atoms with Gasteiger partial charge in [-0.2, -0.15) is 15.5 Å². The quantitative estimate of drug-likeness (QED) is 0.417. The molecule has 0 bridgehead atoms. The van der Waals surface area contributed by atoms with Crippen molar-refractivity contribution in [3.8, 4) is 23.0 Å².